The smallest absolute Gasteiger partial charge is 0.303 e. The average Bonchev–Trinajstić information content (AvgIpc) is 2.55. The zero-order valence-corrected chi connectivity index (χ0v) is 16.6. The predicted octanol–water partition coefficient (Wildman–Crippen LogP) is -1.01. The van der Waals surface area contributed by atoms with Gasteiger partial charge in [-0.15, -0.1) is 0 Å². The lowest BCUT2D eigenvalue weighted by Crippen LogP contribution is -2.64. The molecule has 0 saturated carbocycles. The van der Waals surface area contributed by atoms with Crippen LogP contribution in [-0.4, -0.2) is 78.4 Å². The van der Waals surface area contributed by atoms with Crippen LogP contribution in [-0.2, 0) is 52.4 Å². The molecule has 1 fully saturated rings. The molecule has 1 heterocycles. The highest BCUT2D eigenvalue weighted by atomic mass is 16.7. The van der Waals surface area contributed by atoms with Gasteiger partial charge in [-0.2, -0.15) is 0 Å². The summed E-state index contributed by atoms with van der Waals surface area (Å²) in [4.78, 5) is 57.2. The minimum Gasteiger partial charge on any atom is -0.462 e. The highest BCUT2D eigenvalue weighted by Gasteiger charge is 2.54. The van der Waals surface area contributed by atoms with E-state index in [1.165, 1.54) is 0 Å². The molecule has 1 aliphatic rings. The van der Waals surface area contributed by atoms with Crippen molar-refractivity contribution in [2.75, 3.05) is 6.61 Å². The number of carbonyl (C=O) groups excluding carboxylic acids is 5. The predicted molar refractivity (Wildman–Crippen MR) is 89.7 cm³/mol. The van der Waals surface area contributed by atoms with Crippen molar-refractivity contribution < 1.29 is 57.5 Å². The van der Waals surface area contributed by atoms with Gasteiger partial charge in [0.05, 0.1) is 0 Å². The second kappa shape index (κ2) is 10.7. The standard InChI is InChI=1S/C17H24O12/c1-7(18)24-6-12(25-8(2)19)13-14(26-9(3)20)15(27-10(4)21)16(17(23)29-13)28-11(5)22/h12-17,23H,6H2,1-5H3/t12-,13-,14-,15+,16-,17?/m1/s1. The number of aliphatic hydroxyl groups is 1. The molecule has 1 unspecified atom stereocenters. The fraction of sp³-hybridized carbons (Fsp3) is 0.706. The van der Waals surface area contributed by atoms with Gasteiger partial charge in [0, 0.05) is 34.6 Å². The molecule has 0 amide bonds. The SMILES string of the molecule is CC(=O)OC[C@@H](OC(C)=O)[C@H]1OC(O)[C@H](OC(C)=O)[C@@H](OC(C)=O)[C@@H]1OC(C)=O. The number of carbonyl (C=O) groups is 5. The maximum atomic E-state index is 11.6. The Hall–Kier alpha value is -2.73. The topological polar surface area (TPSA) is 161 Å². The maximum Gasteiger partial charge on any atom is 0.303 e. The van der Waals surface area contributed by atoms with E-state index in [0.29, 0.717) is 0 Å². The van der Waals surface area contributed by atoms with E-state index in [4.69, 9.17) is 28.4 Å². The Morgan fingerprint density at radius 1 is 0.759 bits per heavy atom. The fourth-order valence-electron chi connectivity index (χ4n) is 2.73. The molecule has 1 rings (SSSR count). The maximum absolute atomic E-state index is 11.6. The number of rotatable bonds is 7. The van der Waals surface area contributed by atoms with E-state index in [1.807, 2.05) is 0 Å². The van der Waals surface area contributed by atoms with Crippen molar-refractivity contribution in [1.82, 2.24) is 0 Å². The lowest BCUT2D eigenvalue weighted by Gasteiger charge is -2.44. The number of esters is 5. The number of ether oxygens (including phenoxy) is 6. The molecule has 0 aromatic heterocycles. The molecule has 1 saturated heterocycles. The van der Waals surface area contributed by atoms with Crippen LogP contribution in [0.5, 0.6) is 0 Å². The molecule has 0 aliphatic carbocycles. The van der Waals surface area contributed by atoms with Crippen molar-refractivity contribution in [3.05, 3.63) is 0 Å². The summed E-state index contributed by atoms with van der Waals surface area (Å²) in [6.07, 6.45) is -9.10. The molecule has 29 heavy (non-hydrogen) atoms. The first kappa shape index (κ1) is 24.3. The zero-order valence-electron chi connectivity index (χ0n) is 16.6. The Labute approximate surface area is 166 Å². The zero-order chi connectivity index (χ0) is 22.3. The minimum absolute atomic E-state index is 0.505. The van der Waals surface area contributed by atoms with Gasteiger partial charge in [0.2, 0.25) is 0 Å². The van der Waals surface area contributed by atoms with Crippen molar-refractivity contribution in [3.8, 4) is 0 Å². The van der Waals surface area contributed by atoms with Gasteiger partial charge in [-0.05, 0) is 0 Å². The highest BCUT2D eigenvalue weighted by molar-refractivity contribution is 5.69. The molecular formula is C17H24O12. The van der Waals surface area contributed by atoms with Crippen LogP contribution < -0.4 is 0 Å². The molecule has 12 nitrogen and oxygen atoms in total. The van der Waals surface area contributed by atoms with Crippen molar-refractivity contribution in [2.24, 2.45) is 0 Å². The van der Waals surface area contributed by atoms with Gasteiger partial charge in [0.1, 0.15) is 12.7 Å². The largest absolute Gasteiger partial charge is 0.462 e. The first-order valence-corrected chi connectivity index (χ1v) is 8.58. The molecule has 1 aliphatic heterocycles. The fourth-order valence-corrected chi connectivity index (χ4v) is 2.73. The lowest BCUT2D eigenvalue weighted by atomic mass is 9.94. The quantitative estimate of drug-likeness (QED) is 0.395. The summed E-state index contributed by atoms with van der Waals surface area (Å²) in [5.74, 6) is -3.97. The van der Waals surface area contributed by atoms with Crippen LogP contribution in [0.1, 0.15) is 34.6 Å². The summed E-state index contributed by atoms with van der Waals surface area (Å²) in [7, 11) is 0. The normalized spacial score (nSPS) is 27.2. The molecule has 164 valence electrons. The van der Waals surface area contributed by atoms with Crippen LogP contribution in [0.4, 0.5) is 0 Å². The van der Waals surface area contributed by atoms with E-state index in [2.05, 4.69) is 0 Å². The third-order valence-corrected chi connectivity index (χ3v) is 3.59. The number of hydrogen-bond donors (Lipinski definition) is 1. The van der Waals surface area contributed by atoms with E-state index >= 15 is 0 Å². The summed E-state index contributed by atoms with van der Waals surface area (Å²) in [5, 5.41) is 10.3. The van der Waals surface area contributed by atoms with E-state index in [0.717, 1.165) is 34.6 Å². The Balaban J connectivity index is 3.34. The Morgan fingerprint density at radius 3 is 1.69 bits per heavy atom. The molecule has 0 aromatic carbocycles. The monoisotopic (exact) mass is 420 g/mol. The number of hydrogen-bond acceptors (Lipinski definition) is 12. The van der Waals surface area contributed by atoms with E-state index in [-0.39, 0.29) is 0 Å². The second-order valence-electron chi connectivity index (χ2n) is 6.16. The van der Waals surface area contributed by atoms with Crippen molar-refractivity contribution in [1.29, 1.82) is 0 Å². The molecule has 1 N–H and O–H groups in total. The molecule has 0 bridgehead atoms. The van der Waals surface area contributed by atoms with E-state index in [1.54, 1.807) is 0 Å². The summed E-state index contributed by atoms with van der Waals surface area (Å²) < 4.78 is 30.5. The van der Waals surface area contributed by atoms with Crippen LogP contribution in [0.2, 0.25) is 0 Å². The lowest BCUT2D eigenvalue weighted by molar-refractivity contribution is -0.306. The molecule has 0 radical (unpaired) electrons. The number of aliphatic hydroxyl groups excluding tert-OH is 1. The third-order valence-electron chi connectivity index (χ3n) is 3.59. The van der Waals surface area contributed by atoms with Gasteiger partial charge in [0.25, 0.3) is 0 Å². The van der Waals surface area contributed by atoms with E-state index in [9.17, 15) is 29.1 Å². The third kappa shape index (κ3) is 7.66. The minimum atomic E-state index is -1.84. The first-order valence-electron chi connectivity index (χ1n) is 8.58. The molecular weight excluding hydrogens is 396 g/mol. The Bertz CT molecular complexity index is 644. The summed E-state index contributed by atoms with van der Waals surface area (Å²) in [5.41, 5.74) is 0. The van der Waals surface area contributed by atoms with Crippen LogP contribution >= 0.6 is 0 Å². The van der Waals surface area contributed by atoms with E-state index < -0.39 is 73.3 Å². The van der Waals surface area contributed by atoms with Crippen LogP contribution in [0, 0.1) is 0 Å². The van der Waals surface area contributed by atoms with Gasteiger partial charge in [-0.1, -0.05) is 0 Å². The Kier molecular flexibility index (Phi) is 8.98. The molecule has 12 heteroatoms. The second-order valence-corrected chi connectivity index (χ2v) is 6.16. The molecule has 0 spiro atoms. The first-order chi connectivity index (χ1) is 13.4. The van der Waals surface area contributed by atoms with Crippen molar-refractivity contribution >= 4 is 29.8 Å². The van der Waals surface area contributed by atoms with Gasteiger partial charge >= 0.3 is 29.8 Å². The summed E-state index contributed by atoms with van der Waals surface area (Å²) in [6.45, 7) is 4.84. The van der Waals surface area contributed by atoms with Gasteiger partial charge in [-0.3, -0.25) is 24.0 Å². The van der Waals surface area contributed by atoms with Crippen LogP contribution in [0.25, 0.3) is 0 Å². The van der Waals surface area contributed by atoms with Gasteiger partial charge < -0.3 is 33.5 Å². The highest BCUT2D eigenvalue weighted by Crippen LogP contribution is 2.30. The Morgan fingerprint density at radius 2 is 1.24 bits per heavy atom. The van der Waals surface area contributed by atoms with Crippen molar-refractivity contribution in [3.63, 3.8) is 0 Å². The summed E-state index contributed by atoms with van der Waals surface area (Å²) >= 11 is 0. The van der Waals surface area contributed by atoms with Crippen molar-refractivity contribution in [2.45, 2.75) is 71.4 Å². The van der Waals surface area contributed by atoms with Gasteiger partial charge in [0.15, 0.2) is 30.7 Å². The molecule has 0 aromatic rings. The average molecular weight is 420 g/mol. The summed E-state index contributed by atoms with van der Waals surface area (Å²) in [6, 6.07) is 0. The molecule has 6 atom stereocenters. The van der Waals surface area contributed by atoms with Crippen LogP contribution in [0.3, 0.4) is 0 Å². The van der Waals surface area contributed by atoms with Gasteiger partial charge in [-0.25, -0.2) is 0 Å². The van der Waals surface area contributed by atoms with Crippen LogP contribution in [0.15, 0.2) is 0 Å².